The molecule has 0 atom stereocenters. The number of primary sulfonamides is 1. The van der Waals surface area contributed by atoms with Crippen molar-refractivity contribution in [1.82, 2.24) is 4.98 Å². The van der Waals surface area contributed by atoms with Gasteiger partial charge in [0.1, 0.15) is 0 Å². The molecule has 8 heteroatoms. The lowest BCUT2D eigenvalue weighted by Gasteiger charge is -2.12. The van der Waals surface area contributed by atoms with Crippen molar-refractivity contribution in [2.75, 3.05) is 11.1 Å². The lowest BCUT2D eigenvalue weighted by Crippen LogP contribution is -2.14. The Balaban J connectivity index is 1.63. The first-order valence-corrected chi connectivity index (χ1v) is 12.1. The zero-order valence-electron chi connectivity index (χ0n) is 17.2. The summed E-state index contributed by atoms with van der Waals surface area (Å²) < 4.78 is 22.6. The maximum atomic E-state index is 12.2. The Hall–Kier alpha value is -2.42. The molecule has 1 aromatic heterocycles. The van der Waals surface area contributed by atoms with Gasteiger partial charge < -0.3 is 5.32 Å². The number of benzene rings is 2. The molecule has 3 N–H and O–H groups in total. The van der Waals surface area contributed by atoms with Crippen molar-refractivity contribution in [2.45, 2.75) is 43.0 Å². The molecule has 0 fully saturated rings. The molecule has 158 valence electrons. The van der Waals surface area contributed by atoms with E-state index in [1.54, 1.807) is 11.8 Å². The lowest BCUT2D eigenvalue weighted by atomic mass is 9.98. The molecule has 0 saturated carbocycles. The summed E-state index contributed by atoms with van der Waals surface area (Å²) in [6.07, 6.45) is 0.312. The van der Waals surface area contributed by atoms with Crippen LogP contribution in [-0.2, 0) is 14.8 Å². The summed E-state index contributed by atoms with van der Waals surface area (Å²) in [6.45, 7) is 6.40. The van der Waals surface area contributed by atoms with E-state index in [1.165, 1.54) is 35.4 Å². The number of nitrogens with two attached hydrogens (primary N) is 1. The second-order valence-electron chi connectivity index (χ2n) is 7.39. The van der Waals surface area contributed by atoms with Crippen molar-refractivity contribution in [3.8, 4) is 0 Å². The predicted molar refractivity (Wildman–Crippen MR) is 122 cm³/mol. The number of para-hydroxylation sites is 1. The highest BCUT2D eigenvalue weighted by molar-refractivity contribution is 7.99. The van der Waals surface area contributed by atoms with Crippen LogP contribution in [0.15, 0.2) is 58.5 Å². The highest BCUT2D eigenvalue weighted by Crippen LogP contribution is 2.29. The Kier molecular flexibility index (Phi) is 6.80. The van der Waals surface area contributed by atoms with Crippen LogP contribution < -0.4 is 10.5 Å². The number of thioether (sulfide) groups is 1. The van der Waals surface area contributed by atoms with Crippen LogP contribution in [0.1, 0.15) is 37.3 Å². The minimum atomic E-state index is -3.74. The number of nitrogens with zero attached hydrogens (tertiary/aromatic N) is 1. The molecule has 3 aromatic rings. The Morgan fingerprint density at radius 2 is 1.87 bits per heavy atom. The van der Waals surface area contributed by atoms with E-state index in [-0.39, 0.29) is 10.8 Å². The summed E-state index contributed by atoms with van der Waals surface area (Å²) in [6, 6.07) is 14.1. The van der Waals surface area contributed by atoms with Gasteiger partial charge in [-0.15, -0.1) is 11.8 Å². The Morgan fingerprint density at radius 3 is 2.50 bits per heavy atom. The van der Waals surface area contributed by atoms with Crippen LogP contribution in [0, 0.1) is 6.92 Å². The number of fused-ring (bicyclic) bond motifs is 1. The number of carbonyl (C=O) groups excluding carboxylic acids is 1. The molecule has 0 aliphatic heterocycles. The molecule has 0 aliphatic rings. The van der Waals surface area contributed by atoms with Gasteiger partial charge in [0.15, 0.2) is 0 Å². The Bertz CT molecular complexity index is 1170. The molecule has 0 spiro atoms. The topological polar surface area (TPSA) is 102 Å². The lowest BCUT2D eigenvalue weighted by molar-refractivity contribution is -0.115. The summed E-state index contributed by atoms with van der Waals surface area (Å²) in [5.74, 6) is 0.821. The fourth-order valence-electron chi connectivity index (χ4n) is 3.15. The van der Waals surface area contributed by atoms with Gasteiger partial charge in [-0.05, 0) is 54.3 Å². The van der Waals surface area contributed by atoms with E-state index in [4.69, 9.17) is 10.1 Å². The molecular formula is C22H25N3O3S2. The van der Waals surface area contributed by atoms with Crippen molar-refractivity contribution >= 4 is 44.3 Å². The van der Waals surface area contributed by atoms with Crippen LogP contribution in [0.2, 0.25) is 0 Å². The second-order valence-corrected chi connectivity index (χ2v) is 10.1. The highest BCUT2D eigenvalue weighted by atomic mass is 32.2. The van der Waals surface area contributed by atoms with Gasteiger partial charge in [0, 0.05) is 23.2 Å². The summed E-state index contributed by atoms with van der Waals surface area (Å²) >= 11 is 1.55. The number of rotatable bonds is 7. The number of hydrogen-bond acceptors (Lipinski definition) is 5. The SMILES string of the molecule is Cc1cc(SCCC(=O)Nc2ccc(S(N)(=O)=O)cc2)nc2c(C(C)C)cccc12. The molecule has 6 nitrogen and oxygen atoms in total. The number of aromatic nitrogens is 1. The Labute approximate surface area is 181 Å². The van der Waals surface area contributed by atoms with Crippen molar-refractivity contribution in [2.24, 2.45) is 5.14 Å². The number of aryl methyl sites for hydroxylation is 1. The first kappa shape index (κ1) is 22.3. The zero-order chi connectivity index (χ0) is 21.9. The van der Waals surface area contributed by atoms with E-state index in [0.717, 1.165) is 15.9 Å². The molecule has 2 aromatic carbocycles. The summed E-state index contributed by atoms with van der Waals surface area (Å²) in [5, 5.41) is 9.90. The minimum absolute atomic E-state index is 0.00886. The molecule has 0 saturated heterocycles. The fraction of sp³-hybridized carbons (Fsp3) is 0.273. The molecule has 1 amide bonds. The smallest absolute Gasteiger partial charge is 0.238 e. The summed E-state index contributed by atoms with van der Waals surface area (Å²) in [7, 11) is -3.74. The van der Waals surface area contributed by atoms with Gasteiger partial charge in [-0.25, -0.2) is 18.5 Å². The molecule has 0 radical (unpaired) electrons. The minimum Gasteiger partial charge on any atom is -0.326 e. The van der Waals surface area contributed by atoms with Gasteiger partial charge in [0.05, 0.1) is 15.4 Å². The van der Waals surface area contributed by atoms with Gasteiger partial charge in [-0.1, -0.05) is 32.0 Å². The number of nitrogens with one attached hydrogen (secondary N) is 1. The average Bonchev–Trinajstić information content (AvgIpc) is 2.67. The van der Waals surface area contributed by atoms with Crippen LogP contribution in [0.25, 0.3) is 10.9 Å². The van der Waals surface area contributed by atoms with Crippen LogP contribution in [0.3, 0.4) is 0 Å². The van der Waals surface area contributed by atoms with Crippen molar-refractivity contribution in [1.29, 1.82) is 0 Å². The standard InChI is InChI=1S/C22H25N3O3S2/c1-14(2)18-5-4-6-19-15(3)13-21(25-22(18)19)29-12-11-20(26)24-16-7-9-17(10-8-16)30(23,27)28/h4-10,13-14H,11-12H2,1-3H3,(H,24,26)(H2,23,27,28). The first-order valence-electron chi connectivity index (χ1n) is 9.61. The number of anilines is 1. The number of amides is 1. The summed E-state index contributed by atoms with van der Waals surface area (Å²) in [4.78, 5) is 17.1. The number of carbonyl (C=O) groups is 1. The van der Waals surface area contributed by atoms with E-state index >= 15 is 0 Å². The van der Waals surface area contributed by atoms with Crippen molar-refractivity contribution < 1.29 is 13.2 Å². The Morgan fingerprint density at radius 1 is 1.17 bits per heavy atom. The highest BCUT2D eigenvalue weighted by Gasteiger charge is 2.11. The van der Waals surface area contributed by atoms with Gasteiger partial charge in [-0.3, -0.25) is 4.79 Å². The zero-order valence-corrected chi connectivity index (χ0v) is 18.8. The van der Waals surface area contributed by atoms with E-state index < -0.39 is 10.0 Å². The monoisotopic (exact) mass is 443 g/mol. The number of hydrogen-bond donors (Lipinski definition) is 2. The van der Waals surface area contributed by atoms with E-state index in [0.29, 0.717) is 23.8 Å². The third kappa shape index (κ3) is 5.38. The van der Waals surface area contributed by atoms with Gasteiger partial charge in [-0.2, -0.15) is 0 Å². The predicted octanol–water partition coefficient (Wildman–Crippen LogP) is 4.43. The molecule has 30 heavy (non-hydrogen) atoms. The number of sulfonamides is 1. The van der Waals surface area contributed by atoms with Crippen LogP contribution in [0.5, 0.6) is 0 Å². The normalized spacial score (nSPS) is 11.8. The third-order valence-corrected chi connectivity index (χ3v) is 6.56. The van der Waals surface area contributed by atoms with Crippen LogP contribution in [-0.4, -0.2) is 25.1 Å². The molecule has 0 unspecified atom stereocenters. The summed E-state index contributed by atoms with van der Waals surface area (Å²) in [5.41, 5.74) is 3.94. The maximum Gasteiger partial charge on any atom is 0.238 e. The van der Waals surface area contributed by atoms with Crippen LogP contribution in [0.4, 0.5) is 5.69 Å². The fourth-order valence-corrected chi connectivity index (χ4v) is 4.58. The number of pyridine rings is 1. The average molecular weight is 444 g/mol. The maximum absolute atomic E-state index is 12.2. The van der Waals surface area contributed by atoms with E-state index in [2.05, 4.69) is 50.4 Å². The third-order valence-electron chi connectivity index (χ3n) is 4.72. The van der Waals surface area contributed by atoms with E-state index in [1.807, 2.05) is 0 Å². The molecule has 0 aliphatic carbocycles. The van der Waals surface area contributed by atoms with Gasteiger partial charge >= 0.3 is 0 Å². The first-order chi connectivity index (χ1) is 14.1. The van der Waals surface area contributed by atoms with Crippen molar-refractivity contribution in [3.63, 3.8) is 0 Å². The quantitative estimate of drug-likeness (QED) is 0.526. The van der Waals surface area contributed by atoms with Gasteiger partial charge in [0.25, 0.3) is 0 Å². The second kappa shape index (κ2) is 9.16. The largest absolute Gasteiger partial charge is 0.326 e. The molecule has 0 bridgehead atoms. The molecular weight excluding hydrogens is 418 g/mol. The van der Waals surface area contributed by atoms with Crippen molar-refractivity contribution in [3.05, 3.63) is 59.7 Å². The van der Waals surface area contributed by atoms with Gasteiger partial charge in [0.2, 0.25) is 15.9 Å². The molecule has 3 rings (SSSR count). The van der Waals surface area contributed by atoms with E-state index in [9.17, 15) is 13.2 Å². The van der Waals surface area contributed by atoms with Crippen LogP contribution >= 0.6 is 11.8 Å². The molecule has 1 heterocycles.